The summed E-state index contributed by atoms with van der Waals surface area (Å²) in [6, 6.07) is 9.94. The van der Waals surface area contributed by atoms with Crippen molar-refractivity contribution < 1.29 is 19.0 Å². The largest absolute Gasteiger partial charge is 0.482 e. The minimum Gasteiger partial charge on any atom is -0.482 e. The van der Waals surface area contributed by atoms with Gasteiger partial charge >= 0.3 is 0 Å². The molecule has 0 bridgehead atoms. The fourth-order valence-corrected chi connectivity index (χ4v) is 2.37. The molecule has 2 aromatic carbocycles. The van der Waals surface area contributed by atoms with Crippen molar-refractivity contribution in [2.24, 2.45) is 0 Å². The SMILES string of the molecule is O=C(COc1ccc(Cl)cc1Cl)Nc1ccc2c(c1)OCO2. The number of hydrogen-bond donors (Lipinski definition) is 1. The predicted octanol–water partition coefficient (Wildman–Crippen LogP) is 3.74. The second-order valence-electron chi connectivity index (χ2n) is 4.48. The Morgan fingerprint density at radius 3 is 2.77 bits per heavy atom. The molecule has 22 heavy (non-hydrogen) atoms. The first-order valence-electron chi connectivity index (χ1n) is 6.39. The number of carbonyl (C=O) groups is 1. The van der Waals surface area contributed by atoms with Crippen molar-refractivity contribution in [2.75, 3.05) is 18.7 Å². The van der Waals surface area contributed by atoms with Crippen LogP contribution in [0.15, 0.2) is 36.4 Å². The van der Waals surface area contributed by atoms with Crippen LogP contribution in [0.4, 0.5) is 5.69 Å². The number of rotatable bonds is 4. The van der Waals surface area contributed by atoms with Crippen molar-refractivity contribution in [1.82, 2.24) is 0 Å². The maximum absolute atomic E-state index is 11.9. The van der Waals surface area contributed by atoms with Crippen LogP contribution in [0.3, 0.4) is 0 Å². The molecule has 0 aromatic heterocycles. The third-order valence-corrected chi connectivity index (χ3v) is 3.44. The highest BCUT2D eigenvalue weighted by molar-refractivity contribution is 6.35. The van der Waals surface area contributed by atoms with Gasteiger partial charge in [0.2, 0.25) is 6.79 Å². The number of hydrogen-bond acceptors (Lipinski definition) is 4. The molecule has 1 aliphatic heterocycles. The molecule has 0 fully saturated rings. The molecule has 0 atom stereocenters. The van der Waals surface area contributed by atoms with Crippen LogP contribution in [0.1, 0.15) is 0 Å². The predicted molar refractivity (Wildman–Crippen MR) is 83.2 cm³/mol. The Labute approximate surface area is 136 Å². The Hall–Kier alpha value is -2.11. The maximum atomic E-state index is 11.9. The van der Waals surface area contributed by atoms with Crippen LogP contribution in [0.5, 0.6) is 17.2 Å². The van der Waals surface area contributed by atoms with Gasteiger partial charge in [-0.3, -0.25) is 4.79 Å². The van der Waals surface area contributed by atoms with E-state index >= 15 is 0 Å². The summed E-state index contributed by atoms with van der Waals surface area (Å²) < 4.78 is 15.8. The van der Waals surface area contributed by atoms with Gasteiger partial charge in [0.15, 0.2) is 18.1 Å². The van der Waals surface area contributed by atoms with Crippen LogP contribution in [0.2, 0.25) is 10.0 Å². The van der Waals surface area contributed by atoms with Gasteiger partial charge in [-0.2, -0.15) is 0 Å². The van der Waals surface area contributed by atoms with E-state index in [-0.39, 0.29) is 19.3 Å². The highest BCUT2D eigenvalue weighted by Gasteiger charge is 2.14. The lowest BCUT2D eigenvalue weighted by Gasteiger charge is -2.09. The van der Waals surface area contributed by atoms with Crippen LogP contribution in [-0.2, 0) is 4.79 Å². The van der Waals surface area contributed by atoms with Crippen LogP contribution in [0.25, 0.3) is 0 Å². The normalized spacial score (nSPS) is 12.1. The van der Waals surface area contributed by atoms with E-state index in [1.807, 2.05) is 0 Å². The molecule has 5 nitrogen and oxygen atoms in total. The summed E-state index contributed by atoms with van der Waals surface area (Å²) in [5.41, 5.74) is 0.597. The zero-order valence-electron chi connectivity index (χ0n) is 11.3. The third kappa shape index (κ3) is 3.37. The number of fused-ring (bicyclic) bond motifs is 1. The molecular weight excluding hydrogens is 329 g/mol. The average Bonchev–Trinajstić information content (AvgIpc) is 2.94. The lowest BCUT2D eigenvalue weighted by atomic mass is 10.3. The molecule has 0 saturated heterocycles. The summed E-state index contributed by atoms with van der Waals surface area (Å²) in [6.07, 6.45) is 0. The van der Waals surface area contributed by atoms with Gasteiger partial charge in [0.25, 0.3) is 5.91 Å². The van der Waals surface area contributed by atoms with E-state index in [2.05, 4.69) is 5.32 Å². The molecular formula is C15H11Cl2NO4. The monoisotopic (exact) mass is 339 g/mol. The van der Waals surface area contributed by atoms with Crippen LogP contribution >= 0.6 is 23.2 Å². The first-order chi connectivity index (χ1) is 10.6. The fourth-order valence-electron chi connectivity index (χ4n) is 1.91. The van der Waals surface area contributed by atoms with E-state index in [4.69, 9.17) is 37.4 Å². The number of benzene rings is 2. The minimum absolute atomic E-state index is 0.171. The van der Waals surface area contributed by atoms with Gasteiger partial charge in [0, 0.05) is 16.8 Å². The third-order valence-electron chi connectivity index (χ3n) is 2.91. The molecule has 1 heterocycles. The summed E-state index contributed by atoms with van der Waals surface area (Å²) >= 11 is 11.8. The summed E-state index contributed by atoms with van der Waals surface area (Å²) in [7, 11) is 0. The van der Waals surface area contributed by atoms with Gasteiger partial charge in [-0.05, 0) is 30.3 Å². The van der Waals surface area contributed by atoms with Crippen LogP contribution in [0, 0.1) is 0 Å². The number of nitrogens with one attached hydrogen (secondary N) is 1. The number of amides is 1. The number of ether oxygens (including phenoxy) is 3. The van der Waals surface area contributed by atoms with Crippen LogP contribution in [-0.4, -0.2) is 19.3 Å². The molecule has 3 rings (SSSR count). The Kier molecular flexibility index (Phi) is 4.27. The standard InChI is InChI=1S/C15H11Cl2NO4/c16-9-1-3-12(11(17)5-9)20-7-15(19)18-10-2-4-13-14(6-10)22-8-21-13/h1-6H,7-8H2,(H,18,19). The van der Waals surface area contributed by atoms with Gasteiger partial charge in [-0.25, -0.2) is 0 Å². The van der Waals surface area contributed by atoms with Crippen molar-refractivity contribution in [1.29, 1.82) is 0 Å². The summed E-state index contributed by atoms with van der Waals surface area (Å²) in [5.74, 6) is 1.33. The van der Waals surface area contributed by atoms with E-state index < -0.39 is 0 Å². The van der Waals surface area contributed by atoms with Crippen molar-refractivity contribution in [3.05, 3.63) is 46.4 Å². The molecule has 0 radical (unpaired) electrons. The van der Waals surface area contributed by atoms with Gasteiger partial charge in [-0.1, -0.05) is 23.2 Å². The van der Waals surface area contributed by atoms with Crippen molar-refractivity contribution >= 4 is 34.8 Å². The molecule has 1 amide bonds. The highest BCUT2D eigenvalue weighted by atomic mass is 35.5. The maximum Gasteiger partial charge on any atom is 0.262 e. The van der Waals surface area contributed by atoms with Gasteiger partial charge in [-0.15, -0.1) is 0 Å². The molecule has 0 aliphatic carbocycles. The molecule has 0 saturated carbocycles. The zero-order valence-corrected chi connectivity index (χ0v) is 12.8. The number of anilines is 1. The summed E-state index contributed by atoms with van der Waals surface area (Å²) in [6.45, 7) is 0.0146. The summed E-state index contributed by atoms with van der Waals surface area (Å²) in [4.78, 5) is 11.9. The van der Waals surface area contributed by atoms with Crippen LogP contribution < -0.4 is 19.5 Å². The lowest BCUT2D eigenvalue weighted by molar-refractivity contribution is -0.118. The van der Waals surface area contributed by atoms with E-state index in [9.17, 15) is 4.79 Å². The Morgan fingerprint density at radius 2 is 1.95 bits per heavy atom. The molecule has 0 spiro atoms. The number of halogens is 2. The van der Waals surface area contributed by atoms with Gasteiger partial charge in [0.1, 0.15) is 5.75 Å². The fraction of sp³-hybridized carbons (Fsp3) is 0.133. The van der Waals surface area contributed by atoms with E-state index in [1.54, 1.807) is 36.4 Å². The Bertz CT molecular complexity index is 721. The van der Waals surface area contributed by atoms with Gasteiger partial charge < -0.3 is 19.5 Å². The molecule has 1 aliphatic rings. The zero-order chi connectivity index (χ0) is 15.5. The minimum atomic E-state index is -0.315. The quantitative estimate of drug-likeness (QED) is 0.921. The van der Waals surface area contributed by atoms with E-state index in [0.29, 0.717) is 33.0 Å². The second-order valence-corrected chi connectivity index (χ2v) is 5.32. The van der Waals surface area contributed by atoms with Gasteiger partial charge in [0.05, 0.1) is 5.02 Å². The molecule has 7 heteroatoms. The average molecular weight is 340 g/mol. The van der Waals surface area contributed by atoms with E-state index in [0.717, 1.165) is 0 Å². The first-order valence-corrected chi connectivity index (χ1v) is 7.15. The van der Waals surface area contributed by atoms with E-state index in [1.165, 1.54) is 0 Å². The molecule has 1 N–H and O–H groups in total. The Balaban J connectivity index is 1.58. The summed E-state index contributed by atoms with van der Waals surface area (Å²) in [5, 5.41) is 3.56. The number of carbonyl (C=O) groups excluding carboxylic acids is 1. The van der Waals surface area contributed by atoms with Crippen molar-refractivity contribution in [2.45, 2.75) is 0 Å². The Morgan fingerprint density at radius 1 is 1.14 bits per heavy atom. The topological polar surface area (TPSA) is 56.8 Å². The first kappa shape index (κ1) is 14.8. The highest BCUT2D eigenvalue weighted by Crippen LogP contribution is 2.34. The molecule has 2 aromatic rings. The van der Waals surface area contributed by atoms with Crippen molar-refractivity contribution in [3.63, 3.8) is 0 Å². The lowest BCUT2D eigenvalue weighted by Crippen LogP contribution is -2.20. The molecule has 114 valence electrons. The smallest absolute Gasteiger partial charge is 0.262 e. The second kappa shape index (κ2) is 6.34. The van der Waals surface area contributed by atoms with Crippen molar-refractivity contribution in [3.8, 4) is 17.2 Å². The molecule has 0 unspecified atom stereocenters.